The summed E-state index contributed by atoms with van der Waals surface area (Å²) in [5.41, 5.74) is 9.47. The molecule has 0 amide bonds. The summed E-state index contributed by atoms with van der Waals surface area (Å²) in [6, 6.07) is 41.2. The number of pyridine rings is 2. The van der Waals surface area contributed by atoms with Crippen molar-refractivity contribution in [3.8, 4) is 22.5 Å². The van der Waals surface area contributed by atoms with Crippen LogP contribution in [-0.2, 0) is 30.9 Å². The van der Waals surface area contributed by atoms with Crippen molar-refractivity contribution in [1.82, 2.24) is 9.97 Å². The molecule has 2 nitrogen and oxygen atoms in total. The maximum absolute atomic E-state index is 4.63. The molecule has 0 bridgehead atoms. The van der Waals surface area contributed by atoms with Crippen LogP contribution in [0.1, 0.15) is 63.8 Å². The van der Waals surface area contributed by atoms with Gasteiger partial charge in [0, 0.05) is 32.5 Å². The first-order valence-corrected chi connectivity index (χ1v) is 16.1. The van der Waals surface area contributed by atoms with Crippen LogP contribution in [0.15, 0.2) is 109 Å². The van der Waals surface area contributed by atoms with Crippen molar-refractivity contribution in [2.24, 2.45) is 0 Å². The van der Waals surface area contributed by atoms with Crippen molar-refractivity contribution >= 4 is 32.3 Å². The van der Waals surface area contributed by atoms with Gasteiger partial charge < -0.3 is 9.97 Å². The Morgan fingerprint density at radius 2 is 1.04 bits per heavy atom. The minimum Gasteiger partial charge on any atom is -0.305 e. The minimum absolute atomic E-state index is 0. The Morgan fingerprint density at radius 3 is 1.64 bits per heavy atom. The van der Waals surface area contributed by atoms with Crippen LogP contribution < -0.4 is 0 Å². The molecule has 0 aliphatic carbocycles. The van der Waals surface area contributed by atoms with E-state index in [-0.39, 0.29) is 30.9 Å². The summed E-state index contributed by atoms with van der Waals surface area (Å²) < 4.78 is 0. The molecule has 0 fully saturated rings. The first-order valence-electron chi connectivity index (χ1n) is 16.1. The second-order valence-electron chi connectivity index (χ2n) is 14.3. The molecule has 2 heterocycles. The van der Waals surface area contributed by atoms with Crippen LogP contribution in [0.5, 0.6) is 0 Å². The predicted octanol–water partition coefficient (Wildman–Crippen LogP) is 11.8. The van der Waals surface area contributed by atoms with Crippen LogP contribution in [0.3, 0.4) is 0 Å². The quantitative estimate of drug-likeness (QED) is 0.129. The number of hydrogen-bond donors (Lipinski definition) is 0. The molecule has 1 radical (unpaired) electrons. The number of hydrogen-bond acceptors (Lipinski definition) is 2. The van der Waals surface area contributed by atoms with Crippen LogP contribution in [0.4, 0.5) is 0 Å². The molecule has 0 atom stereocenters. The summed E-state index contributed by atoms with van der Waals surface area (Å²) in [6.07, 6.45) is 3.84. The molecule has 5 aromatic carbocycles. The largest absolute Gasteiger partial charge is 0.305 e. The number of rotatable bonds is 2. The fraction of sp³-hybridized carbons (Fsp3) is 0.227. The van der Waals surface area contributed by atoms with Gasteiger partial charge in [-0.2, -0.15) is 0 Å². The Kier molecular flexibility index (Phi) is 9.83. The van der Waals surface area contributed by atoms with E-state index in [0.717, 1.165) is 22.5 Å². The standard InChI is InChI=1S/C25H18N.C19H24N.Ir/c1-16-13-25(26-15-17(16)2)18-11-12-23-21-9-4-3-7-19(21)20-8-5-6-10-22(20)24(23)14-18;1-18(2,3)15-9-7-8-14(12-15)17-13-16(10-11-20-17)19(4,5)6;/h3-10,12-15H,1-2H3;7,9-13H,1-6H3;/q2*-1;. The molecule has 7 aromatic rings. The summed E-state index contributed by atoms with van der Waals surface area (Å²) in [4.78, 5) is 9.14. The third kappa shape index (κ3) is 7.23. The van der Waals surface area contributed by atoms with Crippen LogP contribution in [0.25, 0.3) is 54.8 Å². The zero-order valence-electron chi connectivity index (χ0n) is 28.6. The Hall–Kier alpha value is -4.17. The zero-order chi connectivity index (χ0) is 32.6. The van der Waals surface area contributed by atoms with Crippen molar-refractivity contribution in [2.75, 3.05) is 0 Å². The van der Waals surface area contributed by atoms with Crippen LogP contribution in [0, 0.1) is 26.0 Å². The Morgan fingerprint density at radius 1 is 0.511 bits per heavy atom. The van der Waals surface area contributed by atoms with Crippen molar-refractivity contribution in [3.05, 3.63) is 144 Å². The molecule has 2 aromatic heterocycles. The summed E-state index contributed by atoms with van der Waals surface area (Å²) in [7, 11) is 0. The van der Waals surface area contributed by atoms with Gasteiger partial charge in [0.1, 0.15) is 0 Å². The fourth-order valence-corrected chi connectivity index (χ4v) is 5.89. The van der Waals surface area contributed by atoms with Gasteiger partial charge in [0.15, 0.2) is 0 Å². The van der Waals surface area contributed by atoms with Crippen molar-refractivity contribution in [2.45, 2.75) is 66.2 Å². The Bertz CT molecular complexity index is 2110. The fourth-order valence-electron chi connectivity index (χ4n) is 5.89. The SMILES string of the molecule is CC(C)(C)c1cc[c-]c(-c2cc(C(C)(C)C)ccn2)c1.Cc1cnc(-c2[c-]cc3c4ccccc4c4ccccc4c3c2)cc1C.[Ir]. The van der Waals surface area contributed by atoms with Crippen LogP contribution >= 0.6 is 0 Å². The minimum atomic E-state index is 0. The number of aromatic nitrogens is 2. The van der Waals surface area contributed by atoms with E-state index in [1.165, 1.54) is 54.6 Å². The van der Waals surface area contributed by atoms with Crippen LogP contribution in [0.2, 0.25) is 0 Å². The van der Waals surface area contributed by atoms with Crippen molar-refractivity contribution in [1.29, 1.82) is 0 Å². The summed E-state index contributed by atoms with van der Waals surface area (Å²) in [6.45, 7) is 17.6. The zero-order valence-corrected chi connectivity index (χ0v) is 31.0. The van der Waals surface area contributed by atoms with Crippen molar-refractivity contribution < 1.29 is 20.1 Å². The molecule has 7 rings (SSSR count). The molecular formula is C44H42IrN2-2. The predicted molar refractivity (Wildman–Crippen MR) is 196 cm³/mol. The van der Waals surface area contributed by atoms with Gasteiger partial charge in [0.05, 0.1) is 0 Å². The smallest absolute Gasteiger partial charge is 0.0192 e. The van der Waals surface area contributed by atoms with Gasteiger partial charge in [0.25, 0.3) is 0 Å². The van der Waals surface area contributed by atoms with Gasteiger partial charge in [-0.25, -0.2) is 0 Å². The van der Waals surface area contributed by atoms with E-state index in [2.05, 4.69) is 168 Å². The summed E-state index contributed by atoms with van der Waals surface area (Å²) in [5, 5.41) is 7.64. The average molecular weight is 791 g/mol. The Balaban J connectivity index is 0.000000188. The van der Waals surface area contributed by atoms with E-state index in [9.17, 15) is 0 Å². The van der Waals surface area contributed by atoms with E-state index < -0.39 is 0 Å². The number of fused-ring (bicyclic) bond motifs is 6. The molecule has 0 aliphatic heterocycles. The molecule has 0 spiro atoms. The van der Waals surface area contributed by atoms with E-state index in [0.29, 0.717) is 0 Å². The first kappa shape index (κ1) is 34.2. The van der Waals surface area contributed by atoms with E-state index in [1.54, 1.807) is 0 Å². The number of aryl methyl sites for hydroxylation is 2. The molecule has 0 N–H and O–H groups in total. The average Bonchev–Trinajstić information content (AvgIpc) is 3.05. The molecule has 0 saturated heterocycles. The maximum Gasteiger partial charge on any atom is 0.0192 e. The molecule has 3 heteroatoms. The Labute approximate surface area is 293 Å². The molecule has 47 heavy (non-hydrogen) atoms. The number of nitrogens with zero attached hydrogens (tertiary/aromatic N) is 2. The van der Waals surface area contributed by atoms with Gasteiger partial charge in [-0.1, -0.05) is 124 Å². The van der Waals surface area contributed by atoms with Gasteiger partial charge in [-0.3, -0.25) is 0 Å². The van der Waals surface area contributed by atoms with Gasteiger partial charge in [-0.05, 0) is 69.4 Å². The van der Waals surface area contributed by atoms with Gasteiger partial charge in [-0.15, -0.1) is 59.2 Å². The maximum atomic E-state index is 4.63. The molecule has 0 aliphatic rings. The summed E-state index contributed by atoms with van der Waals surface area (Å²) in [5.74, 6) is 0. The second-order valence-corrected chi connectivity index (χ2v) is 14.3. The first-order chi connectivity index (χ1) is 21.9. The van der Waals surface area contributed by atoms with E-state index in [4.69, 9.17) is 0 Å². The van der Waals surface area contributed by atoms with Gasteiger partial charge >= 0.3 is 0 Å². The van der Waals surface area contributed by atoms with E-state index in [1.807, 2.05) is 18.5 Å². The van der Waals surface area contributed by atoms with Crippen LogP contribution in [-0.4, -0.2) is 9.97 Å². The van der Waals surface area contributed by atoms with Gasteiger partial charge in [0.2, 0.25) is 0 Å². The second kappa shape index (κ2) is 13.5. The third-order valence-electron chi connectivity index (χ3n) is 8.89. The van der Waals surface area contributed by atoms with Crippen molar-refractivity contribution in [3.63, 3.8) is 0 Å². The molecule has 0 unspecified atom stereocenters. The van der Waals surface area contributed by atoms with E-state index >= 15 is 0 Å². The topological polar surface area (TPSA) is 25.8 Å². The number of benzene rings is 5. The molecule has 0 saturated carbocycles. The summed E-state index contributed by atoms with van der Waals surface area (Å²) >= 11 is 0. The molecule has 239 valence electrons. The third-order valence-corrected chi connectivity index (χ3v) is 8.89. The normalized spacial score (nSPS) is 11.7. The molecular weight excluding hydrogens is 749 g/mol. The monoisotopic (exact) mass is 791 g/mol.